The number of halogens is 3. The lowest BCUT2D eigenvalue weighted by atomic mass is 10.2. The minimum absolute atomic E-state index is 0.0289. The molecule has 0 aliphatic carbocycles. The van der Waals surface area contributed by atoms with Gasteiger partial charge in [-0.05, 0) is 37.4 Å². The third-order valence-corrected chi connectivity index (χ3v) is 3.37. The highest BCUT2D eigenvalue weighted by Crippen LogP contribution is 2.20. The SMILES string of the molecule is CN(CC(=O)Nc1cccc(F)c1)Cc1c(F)cccc1Cl. The van der Waals surface area contributed by atoms with Crippen molar-refractivity contribution in [2.45, 2.75) is 6.54 Å². The summed E-state index contributed by atoms with van der Waals surface area (Å²) in [4.78, 5) is 13.5. The average Bonchev–Trinajstić information content (AvgIpc) is 2.43. The van der Waals surface area contributed by atoms with Crippen LogP contribution in [-0.4, -0.2) is 24.4 Å². The van der Waals surface area contributed by atoms with Gasteiger partial charge in [0, 0.05) is 22.8 Å². The molecule has 0 bridgehead atoms. The maximum absolute atomic E-state index is 13.7. The fourth-order valence-corrected chi connectivity index (χ4v) is 2.24. The van der Waals surface area contributed by atoms with Gasteiger partial charge in [0.05, 0.1) is 6.54 Å². The minimum Gasteiger partial charge on any atom is -0.325 e. The largest absolute Gasteiger partial charge is 0.325 e. The number of hydrogen-bond acceptors (Lipinski definition) is 2. The third-order valence-electron chi connectivity index (χ3n) is 3.01. The molecular formula is C16H15ClF2N2O. The van der Waals surface area contributed by atoms with E-state index in [2.05, 4.69) is 5.32 Å². The molecule has 0 unspecified atom stereocenters. The third kappa shape index (κ3) is 4.51. The van der Waals surface area contributed by atoms with Crippen molar-refractivity contribution in [2.75, 3.05) is 18.9 Å². The van der Waals surface area contributed by atoms with Crippen LogP contribution in [0.5, 0.6) is 0 Å². The van der Waals surface area contributed by atoms with Crippen molar-refractivity contribution in [3.63, 3.8) is 0 Å². The van der Waals surface area contributed by atoms with Gasteiger partial charge in [0.1, 0.15) is 11.6 Å². The highest BCUT2D eigenvalue weighted by atomic mass is 35.5. The Morgan fingerprint density at radius 1 is 1.23 bits per heavy atom. The second kappa shape index (κ2) is 7.33. The molecule has 0 heterocycles. The van der Waals surface area contributed by atoms with E-state index in [1.807, 2.05) is 0 Å². The molecule has 0 radical (unpaired) electrons. The monoisotopic (exact) mass is 324 g/mol. The van der Waals surface area contributed by atoms with Crippen molar-refractivity contribution in [3.8, 4) is 0 Å². The molecule has 0 aliphatic heterocycles. The van der Waals surface area contributed by atoms with Crippen molar-refractivity contribution in [1.82, 2.24) is 4.90 Å². The van der Waals surface area contributed by atoms with Crippen LogP contribution in [0.2, 0.25) is 5.02 Å². The lowest BCUT2D eigenvalue weighted by Gasteiger charge is -2.17. The van der Waals surface area contributed by atoms with Crippen molar-refractivity contribution in [2.24, 2.45) is 0 Å². The highest BCUT2D eigenvalue weighted by Gasteiger charge is 2.12. The van der Waals surface area contributed by atoms with Gasteiger partial charge in [0.2, 0.25) is 5.91 Å². The summed E-state index contributed by atoms with van der Waals surface area (Å²) in [6.07, 6.45) is 0. The van der Waals surface area contributed by atoms with E-state index in [1.54, 1.807) is 24.1 Å². The topological polar surface area (TPSA) is 32.3 Å². The molecule has 0 aliphatic rings. The van der Waals surface area contributed by atoms with Crippen LogP contribution >= 0.6 is 11.6 Å². The number of carbonyl (C=O) groups is 1. The first-order valence-corrected chi connectivity index (χ1v) is 7.00. The van der Waals surface area contributed by atoms with Gasteiger partial charge in [-0.3, -0.25) is 9.69 Å². The molecule has 22 heavy (non-hydrogen) atoms. The fourth-order valence-electron chi connectivity index (χ4n) is 2.02. The first-order valence-electron chi connectivity index (χ1n) is 6.62. The second-order valence-electron chi connectivity index (χ2n) is 4.93. The summed E-state index contributed by atoms with van der Waals surface area (Å²) in [6.45, 7) is 0.225. The smallest absolute Gasteiger partial charge is 0.238 e. The molecule has 0 spiro atoms. The van der Waals surface area contributed by atoms with E-state index in [0.29, 0.717) is 16.3 Å². The van der Waals surface area contributed by atoms with Gasteiger partial charge in [0.15, 0.2) is 0 Å². The lowest BCUT2D eigenvalue weighted by molar-refractivity contribution is -0.117. The van der Waals surface area contributed by atoms with Crippen molar-refractivity contribution in [1.29, 1.82) is 0 Å². The number of nitrogens with zero attached hydrogens (tertiary/aromatic N) is 1. The zero-order chi connectivity index (χ0) is 16.1. The van der Waals surface area contributed by atoms with Crippen LogP contribution in [-0.2, 0) is 11.3 Å². The predicted octanol–water partition coefficient (Wildman–Crippen LogP) is 3.69. The molecule has 116 valence electrons. The van der Waals surface area contributed by atoms with Crippen LogP contribution in [0.3, 0.4) is 0 Å². The average molecular weight is 325 g/mol. The second-order valence-corrected chi connectivity index (χ2v) is 5.34. The number of nitrogens with one attached hydrogen (secondary N) is 1. The standard InChI is InChI=1S/C16H15ClF2N2O/c1-21(9-13-14(17)6-3-7-15(13)19)10-16(22)20-12-5-2-4-11(18)8-12/h2-8H,9-10H2,1H3,(H,20,22). The van der Waals surface area contributed by atoms with Gasteiger partial charge in [-0.15, -0.1) is 0 Å². The summed E-state index contributed by atoms with van der Waals surface area (Å²) in [7, 11) is 1.67. The molecule has 2 rings (SSSR count). The van der Waals surface area contributed by atoms with Gasteiger partial charge in [-0.2, -0.15) is 0 Å². The van der Waals surface area contributed by atoms with Crippen LogP contribution < -0.4 is 5.32 Å². The molecule has 0 saturated heterocycles. The number of amides is 1. The van der Waals surface area contributed by atoms with Gasteiger partial charge in [-0.1, -0.05) is 23.7 Å². The zero-order valence-electron chi connectivity index (χ0n) is 11.9. The molecular weight excluding hydrogens is 310 g/mol. The Hall–Kier alpha value is -1.98. The normalized spacial score (nSPS) is 10.8. The summed E-state index contributed by atoms with van der Waals surface area (Å²) in [5, 5.41) is 2.90. The Bertz CT molecular complexity index is 659. The van der Waals surface area contributed by atoms with E-state index >= 15 is 0 Å². The Morgan fingerprint density at radius 3 is 2.64 bits per heavy atom. The number of hydrogen-bond donors (Lipinski definition) is 1. The van der Waals surface area contributed by atoms with Crippen LogP contribution in [0.1, 0.15) is 5.56 Å². The maximum Gasteiger partial charge on any atom is 0.238 e. The van der Waals surface area contributed by atoms with Crippen molar-refractivity contribution < 1.29 is 13.6 Å². The number of rotatable bonds is 5. The zero-order valence-corrected chi connectivity index (χ0v) is 12.7. The molecule has 0 aromatic heterocycles. The number of benzene rings is 2. The van der Waals surface area contributed by atoms with Crippen LogP contribution in [0, 0.1) is 11.6 Å². The minimum atomic E-state index is -0.427. The van der Waals surface area contributed by atoms with E-state index < -0.39 is 11.6 Å². The number of likely N-dealkylation sites (N-methyl/N-ethyl adjacent to an activating group) is 1. The Labute approximate surface area is 132 Å². The van der Waals surface area contributed by atoms with Crippen LogP contribution in [0.4, 0.5) is 14.5 Å². The molecule has 2 aromatic rings. The molecule has 6 heteroatoms. The first-order chi connectivity index (χ1) is 10.5. The highest BCUT2D eigenvalue weighted by molar-refractivity contribution is 6.31. The van der Waals surface area contributed by atoms with Gasteiger partial charge < -0.3 is 5.32 Å². The molecule has 0 saturated carbocycles. The molecule has 0 atom stereocenters. The van der Waals surface area contributed by atoms with E-state index in [1.165, 1.54) is 30.3 Å². The Balaban J connectivity index is 1.94. The molecule has 1 N–H and O–H groups in total. The molecule has 2 aromatic carbocycles. The summed E-state index contributed by atoms with van der Waals surface area (Å²) in [6, 6.07) is 10.1. The van der Waals surface area contributed by atoms with E-state index in [9.17, 15) is 13.6 Å². The van der Waals surface area contributed by atoms with E-state index in [0.717, 1.165) is 0 Å². The summed E-state index contributed by atoms with van der Waals surface area (Å²) < 4.78 is 26.7. The van der Waals surface area contributed by atoms with Crippen molar-refractivity contribution in [3.05, 3.63) is 64.7 Å². The van der Waals surface area contributed by atoms with Gasteiger partial charge >= 0.3 is 0 Å². The predicted molar refractivity (Wildman–Crippen MR) is 82.8 cm³/mol. The van der Waals surface area contributed by atoms with Gasteiger partial charge in [-0.25, -0.2) is 8.78 Å². The fraction of sp³-hybridized carbons (Fsp3) is 0.188. The first kappa shape index (κ1) is 16.4. The van der Waals surface area contributed by atoms with Gasteiger partial charge in [0.25, 0.3) is 0 Å². The summed E-state index contributed by atoms with van der Waals surface area (Å²) in [5.74, 6) is -1.16. The van der Waals surface area contributed by atoms with E-state index in [-0.39, 0.29) is 19.0 Å². The number of carbonyl (C=O) groups excluding carboxylic acids is 1. The maximum atomic E-state index is 13.7. The molecule has 3 nitrogen and oxygen atoms in total. The van der Waals surface area contributed by atoms with Crippen LogP contribution in [0.25, 0.3) is 0 Å². The summed E-state index contributed by atoms with van der Waals surface area (Å²) in [5.41, 5.74) is 0.715. The van der Waals surface area contributed by atoms with E-state index in [4.69, 9.17) is 11.6 Å². The van der Waals surface area contributed by atoms with Crippen molar-refractivity contribution >= 4 is 23.2 Å². The van der Waals surface area contributed by atoms with Crippen LogP contribution in [0.15, 0.2) is 42.5 Å². The molecule has 0 fully saturated rings. The summed E-state index contributed by atoms with van der Waals surface area (Å²) >= 11 is 5.95. The Kier molecular flexibility index (Phi) is 5.46. The number of anilines is 1. The molecule has 1 amide bonds. The Morgan fingerprint density at radius 2 is 1.95 bits per heavy atom. The quantitative estimate of drug-likeness (QED) is 0.909. The lowest BCUT2D eigenvalue weighted by Crippen LogP contribution is -2.30.